The van der Waals surface area contributed by atoms with Gasteiger partial charge in [-0.1, -0.05) is 18.2 Å². The molecule has 7 heteroatoms. The molecule has 7 nitrogen and oxygen atoms in total. The lowest BCUT2D eigenvalue weighted by Gasteiger charge is -2.03. The third-order valence-corrected chi connectivity index (χ3v) is 3.17. The topological polar surface area (TPSA) is 87.4 Å². The SMILES string of the molecule is Nc1cnn(-c2ncnc3c2cnn3-c2ccccc2)c1. The van der Waals surface area contributed by atoms with Crippen molar-refractivity contribution in [1.29, 1.82) is 0 Å². The van der Waals surface area contributed by atoms with E-state index < -0.39 is 0 Å². The molecule has 102 valence electrons. The van der Waals surface area contributed by atoms with Crippen molar-refractivity contribution >= 4 is 16.7 Å². The Balaban J connectivity index is 1.95. The van der Waals surface area contributed by atoms with Crippen LogP contribution in [0, 0.1) is 0 Å². The average molecular weight is 277 g/mol. The Labute approximate surface area is 119 Å². The maximum absolute atomic E-state index is 5.71. The van der Waals surface area contributed by atoms with Crippen molar-refractivity contribution in [3.63, 3.8) is 0 Å². The third-order valence-electron chi connectivity index (χ3n) is 3.17. The monoisotopic (exact) mass is 277 g/mol. The first-order chi connectivity index (χ1) is 10.3. The number of nitrogens with zero attached hydrogens (tertiary/aromatic N) is 6. The average Bonchev–Trinajstić information content (AvgIpc) is 3.14. The lowest BCUT2D eigenvalue weighted by Crippen LogP contribution is -2.01. The highest BCUT2D eigenvalue weighted by Crippen LogP contribution is 2.20. The minimum atomic E-state index is 0.581. The summed E-state index contributed by atoms with van der Waals surface area (Å²) in [4.78, 5) is 8.61. The van der Waals surface area contributed by atoms with Gasteiger partial charge in [-0.25, -0.2) is 19.3 Å². The fourth-order valence-electron chi connectivity index (χ4n) is 2.23. The van der Waals surface area contributed by atoms with Crippen molar-refractivity contribution in [2.24, 2.45) is 0 Å². The number of anilines is 1. The first-order valence-electron chi connectivity index (χ1n) is 6.37. The minimum absolute atomic E-state index is 0.581. The summed E-state index contributed by atoms with van der Waals surface area (Å²) in [7, 11) is 0. The summed E-state index contributed by atoms with van der Waals surface area (Å²) in [6, 6.07) is 9.82. The van der Waals surface area contributed by atoms with Gasteiger partial charge < -0.3 is 5.73 Å². The molecule has 0 amide bonds. The maximum Gasteiger partial charge on any atom is 0.168 e. The molecule has 0 atom stereocenters. The number of benzene rings is 1. The van der Waals surface area contributed by atoms with Gasteiger partial charge in [0, 0.05) is 0 Å². The second-order valence-corrected chi connectivity index (χ2v) is 4.54. The van der Waals surface area contributed by atoms with Crippen LogP contribution in [0.25, 0.3) is 22.5 Å². The minimum Gasteiger partial charge on any atom is -0.396 e. The first kappa shape index (κ1) is 11.6. The van der Waals surface area contributed by atoms with Gasteiger partial charge in [-0.15, -0.1) is 0 Å². The van der Waals surface area contributed by atoms with Crippen LogP contribution in [0.4, 0.5) is 5.69 Å². The molecular weight excluding hydrogens is 266 g/mol. The number of fused-ring (bicyclic) bond motifs is 1. The smallest absolute Gasteiger partial charge is 0.168 e. The van der Waals surface area contributed by atoms with E-state index in [9.17, 15) is 0 Å². The maximum atomic E-state index is 5.71. The van der Waals surface area contributed by atoms with E-state index in [1.54, 1.807) is 28.0 Å². The van der Waals surface area contributed by atoms with Gasteiger partial charge in [-0.05, 0) is 12.1 Å². The summed E-state index contributed by atoms with van der Waals surface area (Å²) in [5.74, 6) is 0.652. The second-order valence-electron chi connectivity index (χ2n) is 4.54. The summed E-state index contributed by atoms with van der Waals surface area (Å²) in [5.41, 5.74) is 7.95. The molecule has 21 heavy (non-hydrogen) atoms. The largest absolute Gasteiger partial charge is 0.396 e. The van der Waals surface area contributed by atoms with E-state index in [1.807, 2.05) is 30.3 Å². The summed E-state index contributed by atoms with van der Waals surface area (Å²) in [6.45, 7) is 0. The molecular formula is C14H11N7. The standard InChI is InChI=1S/C14H11N7/c15-10-6-18-20(8-10)13-12-7-19-21(14(12)17-9-16-13)11-4-2-1-3-5-11/h1-9H,15H2. The Morgan fingerprint density at radius 2 is 1.81 bits per heavy atom. The molecule has 0 aliphatic carbocycles. The Morgan fingerprint density at radius 1 is 0.952 bits per heavy atom. The summed E-state index contributed by atoms with van der Waals surface area (Å²) >= 11 is 0. The van der Waals surface area contributed by atoms with E-state index in [4.69, 9.17) is 5.73 Å². The molecule has 0 spiro atoms. The molecule has 0 bridgehead atoms. The molecule has 0 saturated heterocycles. The quantitative estimate of drug-likeness (QED) is 0.601. The number of rotatable bonds is 2. The molecule has 4 rings (SSSR count). The van der Waals surface area contributed by atoms with Crippen molar-refractivity contribution in [3.8, 4) is 11.5 Å². The van der Waals surface area contributed by atoms with Crippen molar-refractivity contribution < 1.29 is 0 Å². The predicted octanol–water partition coefficient (Wildman–Crippen LogP) is 1.58. The number of para-hydroxylation sites is 1. The number of nitrogen functional groups attached to an aromatic ring is 1. The van der Waals surface area contributed by atoms with Gasteiger partial charge in [0.1, 0.15) is 6.33 Å². The Hall–Kier alpha value is -3.22. The highest BCUT2D eigenvalue weighted by atomic mass is 15.3. The number of hydrogen-bond acceptors (Lipinski definition) is 5. The Kier molecular flexibility index (Phi) is 2.43. The molecule has 2 N–H and O–H groups in total. The van der Waals surface area contributed by atoms with Crippen LogP contribution in [0.1, 0.15) is 0 Å². The van der Waals surface area contributed by atoms with Crippen LogP contribution in [0.3, 0.4) is 0 Å². The zero-order chi connectivity index (χ0) is 14.2. The van der Waals surface area contributed by atoms with Crippen molar-refractivity contribution in [3.05, 3.63) is 55.2 Å². The van der Waals surface area contributed by atoms with Gasteiger partial charge in [-0.2, -0.15) is 10.2 Å². The fraction of sp³-hybridized carbons (Fsp3) is 0. The second kappa shape index (κ2) is 4.41. The molecule has 3 aromatic heterocycles. The molecule has 1 aromatic carbocycles. The first-order valence-corrected chi connectivity index (χ1v) is 6.37. The third kappa shape index (κ3) is 1.83. The summed E-state index contributed by atoms with van der Waals surface area (Å²) < 4.78 is 3.39. The van der Waals surface area contributed by atoms with Gasteiger partial charge in [-0.3, -0.25) is 0 Å². The van der Waals surface area contributed by atoms with Crippen LogP contribution < -0.4 is 5.73 Å². The highest BCUT2D eigenvalue weighted by molar-refractivity contribution is 5.83. The Morgan fingerprint density at radius 3 is 2.57 bits per heavy atom. The predicted molar refractivity (Wildman–Crippen MR) is 78.2 cm³/mol. The molecule has 3 heterocycles. The summed E-state index contributed by atoms with van der Waals surface area (Å²) in [5, 5.41) is 9.39. The van der Waals surface area contributed by atoms with E-state index in [1.165, 1.54) is 6.33 Å². The van der Waals surface area contributed by atoms with E-state index >= 15 is 0 Å². The van der Waals surface area contributed by atoms with Crippen LogP contribution >= 0.6 is 0 Å². The number of hydrogen-bond donors (Lipinski definition) is 1. The molecule has 4 aromatic rings. The van der Waals surface area contributed by atoms with Gasteiger partial charge in [0.25, 0.3) is 0 Å². The molecule has 0 aliphatic rings. The Bertz CT molecular complexity index is 907. The van der Waals surface area contributed by atoms with Crippen LogP contribution in [-0.4, -0.2) is 29.5 Å². The lowest BCUT2D eigenvalue weighted by molar-refractivity contribution is 0.848. The van der Waals surface area contributed by atoms with E-state index in [0.717, 1.165) is 16.7 Å². The van der Waals surface area contributed by atoms with Gasteiger partial charge in [0.05, 0.1) is 35.4 Å². The molecule has 0 radical (unpaired) electrons. The fourth-order valence-corrected chi connectivity index (χ4v) is 2.23. The van der Waals surface area contributed by atoms with Crippen molar-refractivity contribution in [1.82, 2.24) is 29.5 Å². The van der Waals surface area contributed by atoms with E-state index in [-0.39, 0.29) is 0 Å². The lowest BCUT2D eigenvalue weighted by atomic mass is 10.3. The van der Waals surface area contributed by atoms with Crippen LogP contribution in [-0.2, 0) is 0 Å². The zero-order valence-electron chi connectivity index (χ0n) is 11.0. The molecule has 0 fully saturated rings. The molecule has 0 aliphatic heterocycles. The molecule has 0 saturated carbocycles. The normalized spacial score (nSPS) is 11.0. The van der Waals surface area contributed by atoms with E-state index in [0.29, 0.717) is 11.5 Å². The summed E-state index contributed by atoms with van der Waals surface area (Å²) in [6.07, 6.45) is 6.52. The van der Waals surface area contributed by atoms with Crippen LogP contribution in [0.5, 0.6) is 0 Å². The van der Waals surface area contributed by atoms with Gasteiger partial charge in [0.2, 0.25) is 0 Å². The molecule has 0 unspecified atom stereocenters. The zero-order valence-corrected chi connectivity index (χ0v) is 11.0. The van der Waals surface area contributed by atoms with Gasteiger partial charge >= 0.3 is 0 Å². The van der Waals surface area contributed by atoms with Crippen LogP contribution in [0.15, 0.2) is 55.2 Å². The van der Waals surface area contributed by atoms with E-state index in [2.05, 4.69) is 20.2 Å². The van der Waals surface area contributed by atoms with Crippen LogP contribution in [0.2, 0.25) is 0 Å². The van der Waals surface area contributed by atoms with Gasteiger partial charge in [0.15, 0.2) is 11.5 Å². The van der Waals surface area contributed by atoms with Crippen molar-refractivity contribution in [2.75, 3.05) is 5.73 Å². The number of nitrogens with two attached hydrogens (primary N) is 1. The van der Waals surface area contributed by atoms with Crippen molar-refractivity contribution in [2.45, 2.75) is 0 Å². The highest BCUT2D eigenvalue weighted by Gasteiger charge is 2.12. The number of aromatic nitrogens is 6.